The smallest absolute Gasteiger partial charge is 0.152 e. The van der Waals surface area contributed by atoms with Crippen molar-refractivity contribution in [3.8, 4) is 5.69 Å². The van der Waals surface area contributed by atoms with Gasteiger partial charge in [-0.1, -0.05) is 26.0 Å². The van der Waals surface area contributed by atoms with Crippen molar-refractivity contribution >= 4 is 11.6 Å². The van der Waals surface area contributed by atoms with Gasteiger partial charge in [0.05, 0.1) is 5.88 Å². The normalized spacial score (nSPS) is 11.2. The van der Waals surface area contributed by atoms with Crippen LogP contribution in [0.2, 0.25) is 0 Å². The van der Waals surface area contributed by atoms with E-state index in [2.05, 4.69) is 48.3 Å². The van der Waals surface area contributed by atoms with Gasteiger partial charge in [-0.2, -0.15) is 0 Å². The minimum atomic E-state index is 0.349. The van der Waals surface area contributed by atoms with Crippen molar-refractivity contribution in [2.75, 3.05) is 6.54 Å². The number of rotatable bonds is 6. The van der Waals surface area contributed by atoms with Crippen LogP contribution in [0.3, 0.4) is 0 Å². The largest absolute Gasteiger partial charge is 0.330 e. The summed E-state index contributed by atoms with van der Waals surface area (Å²) in [6.07, 6.45) is 1.71. The number of benzene rings is 1. The lowest BCUT2D eigenvalue weighted by molar-refractivity contribution is 0.756. The van der Waals surface area contributed by atoms with Crippen molar-refractivity contribution in [2.45, 2.75) is 38.5 Å². The zero-order valence-corrected chi connectivity index (χ0v) is 12.8. The van der Waals surface area contributed by atoms with Crippen molar-refractivity contribution in [1.82, 2.24) is 14.8 Å². The molecule has 2 N–H and O–H groups in total. The fourth-order valence-electron chi connectivity index (χ4n) is 2.17. The van der Waals surface area contributed by atoms with Gasteiger partial charge in [-0.15, -0.1) is 21.8 Å². The van der Waals surface area contributed by atoms with Crippen LogP contribution in [0.5, 0.6) is 0 Å². The predicted octanol–water partition coefficient (Wildman–Crippen LogP) is 3.02. The molecule has 0 aliphatic carbocycles. The number of halogens is 1. The topological polar surface area (TPSA) is 56.7 Å². The Balaban J connectivity index is 2.36. The summed E-state index contributed by atoms with van der Waals surface area (Å²) >= 11 is 5.96. The molecule has 0 spiro atoms. The van der Waals surface area contributed by atoms with Crippen LogP contribution >= 0.6 is 11.6 Å². The molecular weight excluding hydrogens is 272 g/mol. The van der Waals surface area contributed by atoms with Crippen LogP contribution in [-0.4, -0.2) is 21.3 Å². The quantitative estimate of drug-likeness (QED) is 0.833. The second-order valence-electron chi connectivity index (χ2n) is 5.14. The molecule has 20 heavy (non-hydrogen) atoms. The van der Waals surface area contributed by atoms with Gasteiger partial charge in [-0.25, -0.2) is 0 Å². The highest BCUT2D eigenvalue weighted by Gasteiger charge is 2.13. The van der Waals surface area contributed by atoms with Crippen LogP contribution in [0.25, 0.3) is 5.69 Å². The van der Waals surface area contributed by atoms with E-state index in [9.17, 15) is 0 Å². The number of hydrogen-bond donors (Lipinski definition) is 1. The Morgan fingerprint density at radius 2 is 1.80 bits per heavy atom. The number of nitrogens with zero attached hydrogens (tertiary/aromatic N) is 3. The molecule has 0 radical (unpaired) electrons. The van der Waals surface area contributed by atoms with Crippen LogP contribution in [-0.2, 0) is 12.3 Å². The van der Waals surface area contributed by atoms with Crippen molar-refractivity contribution in [1.29, 1.82) is 0 Å². The van der Waals surface area contributed by atoms with Gasteiger partial charge in [-0.05, 0) is 36.6 Å². The molecule has 2 rings (SSSR count). The predicted molar refractivity (Wildman–Crippen MR) is 82.4 cm³/mol. The van der Waals surface area contributed by atoms with E-state index in [1.807, 2.05) is 4.57 Å². The maximum atomic E-state index is 5.96. The first-order valence-corrected chi connectivity index (χ1v) is 7.50. The Kier molecular flexibility index (Phi) is 5.15. The monoisotopic (exact) mass is 292 g/mol. The fraction of sp³-hybridized carbons (Fsp3) is 0.467. The molecule has 0 amide bonds. The molecular formula is C15H21ClN4. The van der Waals surface area contributed by atoms with Crippen LogP contribution in [0.15, 0.2) is 24.3 Å². The molecule has 0 fully saturated rings. The fourth-order valence-corrected chi connectivity index (χ4v) is 2.34. The lowest BCUT2D eigenvalue weighted by Gasteiger charge is -2.11. The second kappa shape index (κ2) is 6.86. The Labute approximate surface area is 125 Å². The molecule has 108 valence electrons. The molecule has 1 heterocycles. The SMILES string of the molecule is CC(C)c1ccc(-n2c(CCl)nnc2CCCN)cc1. The van der Waals surface area contributed by atoms with Gasteiger partial charge in [-0.3, -0.25) is 4.57 Å². The molecule has 1 aromatic carbocycles. The first kappa shape index (κ1) is 15.0. The van der Waals surface area contributed by atoms with Gasteiger partial charge in [0, 0.05) is 12.1 Å². The zero-order chi connectivity index (χ0) is 14.5. The summed E-state index contributed by atoms with van der Waals surface area (Å²) in [5, 5.41) is 8.39. The molecule has 0 bridgehead atoms. The average Bonchev–Trinajstić information content (AvgIpc) is 2.88. The van der Waals surface area contributed by atoms with Crippen LogP contribution in [0.4, 0.5) is 0 Å². The van der Waals surface area contributed by atoms with E-state index in [1.165, 1.54) is 5.56 Å². The van der Waals surface area contributed by atoms with E-state index in [-0.39, 0.29) is 0 Å². The lowest BCUT2D eigenvalue weighted by atomic mass is 10.0. The highest BCUT2D eigenvalue weighted by Crippen LogP contribution is 2.20. The molecule has 4 nitrogen and oxygen atoms in total. The molecule has 0 atom stereocenters. The third kappa shape index (κ3) is 3.19. The first-order chi connectivity index (χ1) is 9.67. The first-order valence-electron chi connectivity index (χ1n) is 6.97. The second-order valence-corrected chi connectivity index (χ2v) is 5.41. The van der Waals surface area contributed by atoms with Gasteiger partial charge in [0.15, 0.2) is 5.82 Å². The lowest BCUT2D eigenvalue weighted by Crippen LogP contribution is -2.08. The maximum Gasteiger partial charge on any atom is 0.152 e. The zero-order valence-electron chi connectivity index (χ0n) is 12.0. The minimum Gasteiger partial charge on any atom is -0.330 e. The Bertz CT molecular complexity index is 546. The van der Waals surface area contributed by atoms with Crippen molar-refractivity contribution in [3.05, 3.63) is 41.5 Å². The van der Waals surface area contributed by atoms with E-state index in [0.717, 1.165) is 30.2 Å². The van der Waals surface area contributed by atoms with E-state index < -0.39 is 0 Å². The molecule has 0 aliphatic heterocycles. The standard InChI is InChI=1S/C15H21ClN4/c1-11(2)12-5-7-13(8-6-12)20-14(4-3-9-17)18-19-15(20)10-16/h5-8,11H,3-4,9-10,17H2,1-2H3. The summed E-state index contributed by atoms with van der Waals surface area (Å²) < 4.78 is 2.03. The van der Waals surface area contributed by atoms with E-state index >= 15 is 0 Å². The van der Waals surface area contributed by atoms with Crippen LogP contribution in [0, 0.1) is 0 Å². The Morgan fingerprint density at radius 3 is 2.35 bits per heavy atom. The highest BCUT2D eigenvalue weighted by molar-refractivity contribution is 6.16. The van der Waals surface area contributed by atoms with Crippen LogP contribution in [0.1, 0.15) is 43.4 Å². The van der Waals surface area contributed by atoms with Gasteiger partial charge in [0.25, 0.3) is 0 Å². The molecule has 0 saturated carbocycles. The summed E-state index contributed by atoms with van der Waals surface area (Å²) in [7, 11) is 0. The number of aromatic nitrogens is 3. The van der Waals surface area contributed by atoms with E-state index in [4.69, 9.17) is 17.3 Å². The third-order valence-corrected chi connectivity index (χ3v) is 3.58. The summed E-state index contributed by atoms with van der Waals surface area (Å²) in [6, 6.07) is 8.48. The number of nitrogens with two attached hydrogens (primary N) is 1. The van der Waals surface area contributed by atoms with Crippen molar-refractivity contribution in [2.24, 2.45) is 5.73 Å². The molecule has 0 saturated heterocycles. The maximum absolute atomic E-state index is 5.96. The Hall–Kier alpha value is -1.39. The number of hydrogen-bond acceptors (Lipinski definition) is 3. The third-order valence-electron chi connectivity index (χ3n) is 3.34. The molecule has 0 unspecified atom stereocenters. The summed E-state index contributed by atoms with van der Waals surface area (Å²) in [5.41, 5.74) is 7.95. The van der Waals surface area contributed by atoms with Gasteiger partial charge in [0.2, 0.25) is 0 Å². The van der Waals surface area contributed by atoms with Gasteiger partial charge < -0.3 is 5.73 Å². The summed E-state index contributed by atoms with van der Waals surface area (Å²) in [4.78, 5) is 0. The van der Waals surface area contributed by atoms with Crippen molar-refractivity contribution < 1.29 is 0 Å². The molecule has 5 heteroatoms. The van der Waals surface area contributed by atoms with Crippen molar-refractivity contribution in [3.63, 3.8) is 0 Å². The van der Waals surface area contributed by atoms with Gasteiger partial charge in [0.1, 0.15) is 5.82 Å². The van der Waals surface area contributed by atoms with E-state index in [0.29, 0.717) is 18.3 Å². The average molecular weight is 293 g/mol. The Morgan fingerprint density at radius 1 is 1.15 bits per heavy atom. The molecule has 2 aromatic rings. The number of alkyl halides is 1. The number of aryl methyl sites for hydroxylation is 1. The molecule has 1 aromatic heterocycles. The van der Waals surface area contributed by atoms with Gasteiger partial charge >= 0.3 is 0 Å². The van der Waals surface area contributed by atoms with E-state index in [1.54, 1.807) is 0 Å². The van der Waals surface area contributed by atoms with Crippen LogP contribution < -0.4 is 5.73 Å². The summed E-state index contributed by atoms with van der Waals surface area (Å²) in [6.45, 7) is 5.02. The molecule has 0 aliphatic rings. The minimum absolute atomic E-state index is 0.349. The highest BCUT2D eigenvalue weighted by atomic mass is 35.5. The summed E-state index contributed by atoms with van der Waals surface area (Å²) in [5.74, 6) is 2.57.